The summed E-state index contributed by atoms with van der Waals surface area (Å²) in [5, 5.41) is 0. The van der Waals surface area contributed by atoms with Gasteiger partial charge in [-0.05, 0) is 54.4 Å². The summed E-state index contributed by atoms with van der Waals surface area (Å²) in [7, 11) is 4.59. The molecule has 0 saturated carbocycles. The number of hydrogen-bond acceptors (Lipinski definition) is 10. The van der Waals surface area contributed by atoms with Crippen LogP contribution >= 0.6 is 0 Å². The van der Waals surface area contributed by atoms with Crippen molar-refractivity contribution in [3.05, 3.63) is 0 Å². The normalized spacial score (nSPS) is 20.3. The van der Waals surface area contributed by atoms with Crippen LogP contribution in [-0.2, 0) is 47.4 Å². The topological polar surface area (TPSA) is 100 Å². The Morgan fingerprint density at radius 3 is 1.35 bits per heavy atom. The Kier molecular flexibility index (Phi) is 19.0. The molecular formula is C27H54O10. The van der Waals surface area contributed by atoms with E-state index in [4.69, 9.17) is 42.6 Å². The van der Waals surface area contributed by atoms with E-state index in [1.807, 2.05) is 6.92 Å². The summed E-state index contributed by atoms with van der Waals surface area (Å²) in [6, 6.07) is 0. The lowest BCUT2D eigenvalue weighted by molar-refractivity contribution is -0.411. The molecule has 0 aromatic carbocycles. The minimum absolute atomic E-state index is 0.383. The highest BCUT2D eigenvalue weighted by atomic mass is 16.9. The van der Waals surface area contributed by atoms with Crippen LogP contribution in [0.4, 0.5) is 0 Å². The van der Waals surface area contributed by atoms with Crippen molar-refractivity contribution in [1.29, 1.82) is 0 Å². The molecule has 0 aliphatic heterocycles. The second-order valence-electron chi connectivity index (χ2n) is 9.17. The monoisotopic (exact) mass is 538 g/mol. The van der Waals surface area contributed by atoms with E-state index in [-0.39, 0.29) is 0 Å². The van der Waals surface area contributed by atoms with Crippen LogP contribution in [-0.4, -0.2) is 76.7 Å². The van der Waals surface area contributed by atoms with Gasteiger partial charge >= 0.3 is 0 Å². The maximum atomic E-state index is 13.0. The number of hydrogen-bond donors (Lipinski definition) is 0. The van der Waals surface area contributed by atoms with E-state index in [0.29, 0.717) is 19.1 Å². The third-order valence-corrected chi connectivity index (χ3v) is 6.26. The summed E-state index contributed by atoms with van der Waals surface area (Å²) in [6.45, 7) is 14.4. The Morgan fingerprint density at radius 2 is 1.00 bits per heavy atom. The molecule has 0 N–H and O–H groups in total. The minimum Gasteiger partial charge on any atom is -0.356 e. The second-order valence-corrected chi connectivity index (χ2v) is 9.17. The zero-order valence-corrected chi connectivity index (χ0v) is 25.1. The van der Waals surface area contributed by atoms with Crippen molar-refractivity contribution in [2.75, 3.05) is 21.3 Å². The smallest absolute Gasteiger partial charge is 0.260 e. The van der Waals surface area contributed by atoms with E-state index < -0.39 is 49.1 Å². The lowest BCUT2D eigenvalue weighted by Gasteiger charge is -2.48. The van der Waals surface area contributed by atoms with Gasteiger partial charge in [0.25, 0.3) is 5.79 Å². The molecule has 0 rings (SSSR count). The quantitative estimate of drug-likeness (QED) is 0.0889. The minimum atomic E-state index is -1.90. The Bertz CT molecular complexity index is 557. The zero-order valence-electron chi connectivity index (χ0n) is 25.1. The van der Waals surface area contributed by atoms with Crippen LogP contribution in [0.1, 0.15) is 100 Å². The molecule has 0 bridgehead atoms. The van der Waals surface area contributed by atoms with Gasteiger partial charge in [0, 0.05) is 21.3 Å². The molecule has 0 aliphatic carbocycles. The molecule has 0 heterocycles. The van der Waals surface area contributed by atoms with Crippen LogP contribution in [0.2, 0.25) is 0 Å². The van der Waals surface area contributed by atoms with Crippen LogP contribution in [0.5, 0.6) is 0 Å². The molecule has 0 radical (unpaired) electrons. The summed E-state index contributed by atoms with van der Waals surface area (Å²) in [6.07, 6.45) is 2.42. The van der Waals surface area contributed by atoms with E-state index in [9.17, 15) is 4.79 Å². The van der Waals surface area contributed by atoms with Crippen LogP contribution < -0.4 is 0 Å². The Hall–Kier alpha value is -0.690. The highest BCUT2D eigenvalue weighted by Crippen LogP contribution is 2.41. The van der Waals surface area contributed by atoms with Crippen molar-refractivity contribution in [2.45, 2.75) is 149 Å². The number of unbranched alkanes of at least 4 members (excludes halogenated alkanes) is 4. The molecule has 0 saturated heterocycles. The lowest BCUT2D eigenvalue weighted by Crippen LogP contribution is -2.64. The molecular weight excluding hydrogens is 484 g/mol. The average Bonchev–Trinajstić information content (AvgIpc) is 2.86. The van der Waals surface area contributed by atoms with Gasteiger partial charge in [-0.2, -0.15) is 0 Å². The molecule has 10 nitrogen and oxygen atoms in total. The molecule has 7 atom stereocenters. The maximum absolute atomic E-state index is 13.0. The number of methoxy groups -OCH3 is 3. The molecule has 0 aromatic rings. The van der Waals surface area contributed by atoms with Gasteiger partial charge in [-0.15, -0.1) is 0 Å². The van der Waals surface area contributed by atoms with Crippen molar-refractivity contribution < 1.29 is 47.4 Å². The number of rotatable bonds is 24. The van der Waals surface area contributed by atoms with E-state index in [0.717, 1.165) is 32.1 Å². The van der Waals surface area contributed by atoms with Crippen LogP contribution in [0, 0.1) is 0 Å². The zero-order chi connectivity index (χ0) is 28.5. The predicted molar refractivity (Wildman–Crippen MR) is 140 cm³/mol. The highest BCUT2D eigenvalue weighted by Gasteiger charge is 2.57. The van der Waals surface area contributed by atoms with Crippen molar-refractivity contribution >= 4 is 6.29 Å². The summed E-state index contributed by atoms with van der Waals surface area (Å²) >= 11 is 0. The van der Waals surface area contributed by atoms with E-state index in [1.165, 1.54) is 14.2 Å². The largest absolute Gasteiger partial charge is 0.356 e. The first-order valence-electron chi connectivity index (χ1n) is 13.5. The first-order chi connectivity index (χ1) is 17.5. The standard InChI is InChI=1S/C27H54O10/c1-12-14-15-16-17-18-26(13-2,35-23(6)32-20(3)29-9)27(19-28,36-24(7)33-21(4)30-10)37-25(8)34-22(5)31-11/h19-25H,12-18H2,1-11H3. The third kappa shape index (κ3) is 12.8. The molecule has 222 valence electrons. The maximum Gasteiger partial charge on any atom is 0.260 e. The first-order valence-corrected chi connectivity index (χ1v) is 13.5. The highest BCUT2D eigenvalue weighted by molar-refractivity contribution is 5.63. The van der Waals surface area contributed by atoms with Gasteiger partial charge in [-0.25, -0.2) is 0 Å². The Morgan fingerprint density at radius 1 is 0.595 bits per heavy atom. The SMILES string of the molecule is CCCCCCCC(CC)(OC(C)OC(C)OC)C(C=O)(OC(C)OC(C)OC)OC(C)OC(C)OC. The fourth-order valence-electron chi connectivity index (χ4n) is 4.11. The van der Waals surface area contributed by atoms with Crippen LogP contribution in [0.3, 0.4) is 0 Å². The second kappa shape index (κ2) is 19.4. The van der Waals surface area contributed by atoms with Gasteiger partial charge in [-0.3, -0.25) is 4.79 Å². The number of ether oxygens (including phenoxy) is 9. The summed E-state index contributed by atoms with van der Waals surface area (Å²) < 4.78 is 52.2. The summed E-state index contributed by atoms with van der Waals surface area (Å²) in [4.78, 5) is 13.0. The Balaban J connectivity index is 6.42. The summed E-state index contributed by atoms with van der Waals surface area (Å²) in [5.74, 6) is -1.90. The predicted octanol–water partition coefficient (Wildman–Crippen LogP) is 5.51. The number of carbonyl (C=O) groups is 1. The molecule has 7 unspecified atom stereocenters. The van der Waals surface area contributed by atoms with Crippen molar-refractivity contribution in [3.8, 4) is 0 Å². The molecule has 0 fully saturated rings. The summed E-state index contributed by atoms with van der Waals surface area (Å²) in [5.41, 5.74) is -1.24. The molecule has 37 heavy (non-hydrogen) atoms. The molecule has 10 heteroatoms. The molecule has 0 spiro atoms. The van der Waals surface area contributed by atoms with E-state index in [1.54, 1.807) is 48.7 Å². The van der Waals surface area contributed by atoms with Crippen molar-refractivity contribution in [3.63, 3.8) is 0 Å². The van der Waals surface area contributed by atoms with E-state index in [2.05, 4.69) is 6.92 Å². The number of carbonyl (C=O) groups excluding carboxylic acids is 1. The van der Waals surface area contributed by atoms with Gasteiger partial charge < -0.3 is 42.6 Å². The number of aldehydes is 1. The fourth-order valence-corrected chi connectivity index (χ4v) is 4.11. The third-order valence-electron chi connectivity index (χ3n) is 6.26. The van der Waals surface area contributed by atoms with Gasteiger partial charge in [-0.1, -0.05) is 46.0 Å². The fraction of sp³-hybridized carbons (Fsp3) is 0.963. The van der Waals surface area contributed by atoms with Gasteiger partial charge in [0.1, 0.15) is 5.60 Å². The van der Waals surface area contributed by atoms with Crippen molar-refractivity contribution in [2.24, 2.45) is 0 Å². The van der Waals surface area contributed by atoms with Gasteiger partial charge in [0.05, 0.1) is 0 Å². The van der Waals surface area contributed by atoms with Gasteiger partial charge in [0.15, 0.2) is 44.0 Å². The average molecular weight is 539 g/mol. The van der Waals surface area contributed by atoms with E-state index >= 15 is 0 Å². The molecule has 0 aromatic heterocycles. The molecule has 0 amide bonds. The van der Waals surface area contributed by atoms with Crippen LogP contribution in [0.15, 0.2) is 0 Å². The molecule has 0 aliphatic rings. The first kappa shape index (κ1) is 36.3. The van der Waals surface area contributed by atoms with Crippen molar-refractivity contribution in [1.82, 2.24) is 0 Å². The lowest BCUT2D eigenvalue weighted by atomic mass is 9.84. The Labute approximate surface area is 224 Å². The van der Waals surface area contributed by atoms with Crippen LogP contribution in [0.25, 0.3) is 0 Å². The van der Waals surface area contributed by atoms with Gasteiger partial charge in [0.2, 0.25) is 0 Å².